The molecule has 0 saturated carbocycles. The van der Waals surface area contributed by atoms with Gasteiger partial charge in [-0.3, -0.25) is 4.79 Å². The van der Waals surface area contributed by atoms with Gasteiger partial charge in [0.05, 0.1) is 22.4 Å². The third kappa shape index (κ3) is 2.99. The zero-order chi connectivity index (χ0) is 18.3. The molecule has 2 aromatic carbocycles. The summed E-state index contributed by atoms with van der Waals surface area (Å²) < 4.78 is 29.2. The highest BCUT2D eigenvalue weighted by atomic mass is 32.2. The lowest BCUT2D eigenvalue weighted by Gasteiger charge is -2.15. The Hall–Kier alpha value is -2.67. The van der Waals surface area contributed by atoms with Gasteiger partial charge in [-0.05, 0) is 36.8 Å². The summed E-state index contributed by atoms with van der Waals surface area (Å²) in [5.74, 6) is -0.727. The number of carbonyl (C=O) groups is 1. The van der Waals surface area contributed by atoms with Crippen LogP contribution in [0.2, 0.25) is 0 Å². The van der Waals surface area contributed by atoms with Crippen LogP contribution in [0.3, 0.4) is 0 Å². The SMILES string of the molecule is Cc1nn(-c2ccccc2)c2c1[C@@H](c1cc(F)cc(F)c1)SCC(=O)N2. The Balaban J connectivity index is 1.91. The number of anilines is 1. The largest absolute Gasteiger partial charge is 0.310 e. The Bertz CT molecular complexity index is 968. The Morgan fingerprint density at radius 1 is 1.15 bits per heavy atom. The molecule has 7 heteroatoms. The van der Waals surface area contributed by atoms with Crippen molar-refractivity contribution in [1.29, 1.82) is 0 Å². The van der Waals surface area contributed by atoms with Gasteiger partial charge in [0.25, 0.3) is 0 Å². The molecule has 0 saturated heterocycles. The second kappa shape index (κ2) is 6.57. The van der Waals surface area contributed by atoms with Gasteiger partial charge in [-0.1, -0.05) is 18.2 Å². The fourth-order valence-corrected chi connectivity index (χ4v) is 4.30. The standard InChI is InChI=1S/C19H15F2N3OS/c1-11-17-18(12-7-13(20)9-14(21)8-12)26-10-16(25)22-19(17)24(23-11)15-5-3-2-4-6-15/h2-9,18H,10H2,1H3,(H,22,25)/t18-/m1/s1. The lowest BCUT2D eigenvalue weighted by molar-refractivity contribution is -0.113. The third-order valence-corrected chi connectivity index (χ3v) is 5.47. The molecule has 26 heavy (non-hydrogen) atoms. The van der Waals surface area contributed by atoms with Gasteiger partial charge in [0.2, 0.25) is 5.91 Å². The van der Waals surface area contributed by atoms with Crippen molar-refractivity contribution in [3.63, 3.8) is 0 Å². The van der Waals surface area contributed by atoms with E-state index in [0.29, 0.717) is 17.1 Å². The fraction of sp³-hybridized carbons (Fsp3) is 0.158. The first-order valence-corrected chi connectivity index (χ1v) is 9.10. The molecule has 1 aliphatic heterocycles. The molecule has 3 aromatic rings. The van der Waals surface area contributed by atoms with Crippen molar-refractivity contribution in [3.8, 4) is 5.69 Å². The van der Waals surface area contributed by atoms with Gasteiger partial charge in [0, 0.05) is 11.6 Å². The summed E-state index contributed by atoms with van der Waals surface area (Å²) in [6, 6.07) is 12.9. The van der Waals surface area contributed by atoms with Crippen LogP contribution in [-0.4, -0.2) is 21.4 Å². The summed E-state index contributed by atoms with van der Waals surface area (Å²) in [5.41, 5.74) is 2.73. The van der Waals surface area contributed by atoms with Gasteiger partial charge < -0.3 is 5.32 Å². The monoisotopic (exact) mass is 371 g/mol. The molecule has 1 atom stereocenters. The minimum absolute atomic E-state index is 0.173. The van der Waals surface area contributed by atoms with Crippen molar-refractivity contribution >= 4 is 23.5 Å². The molecule has 0 radical (unpaired) electrons. The quantitative estimate of drug-likeness (QED) is 0.733. The van der Waals surface area contributed by atoms with Crippen LogP contribution in [-0.2, 0) is 4.79 Å². The predicted molar refractivity (Wildman–Crippen MR) is 97.6 cm³/mol. The van der Waals surface area contributed by atoms with Gasteiger partial charge in [-0.15, -0.1) is 11.8 Å². The van der Waals surface area contributed by atoms with E-state index >= 15 is 0 Å². The first-order chi connectivity index (χ1) is 12.5. The molecule has 2 heterocycles. The van der Waals surface area contributed by atoms with E-state index in [1.807, 2.05) is 37.3 Å². The highest BCUT2D eigenvalue weighted by Gasteiger charge is 2.31. The van der Waals surface area contributed by atoms with E-state index in [9.17, 15) is 13.6 Å². The molecule has 4 rings (SSSR count). The number of carbonyl (C=O) groups excluding carboxylic acids is 1. The van der Waals surface area contributed by atoms with E-state index in [1.165, 1.54) is 23.9 Å². The molecule has 0 fully saturated rings. The van der Waals surface area contributed by atoms with Crippen molar-refractivity contribution in [2.45, 2.75) is 12.2 Å². The Morgan fingerprint density at radius 3 is 2.54 bits per heavy atom. The number of rotatable bonds is 2. The number of hydrogen-bond acceptors (Lipinski definition) is 3. The van der Waals surface area contributed by atoms with Crippen LogP contribution < -0.4 is 5.32 Å². The van der Waals surface area contributed by atoms with Crippen molar-refractivity contribution in [1.82, 2.24) is 9.78 Å². The summed E-state index contributed by atoms with van der Waals surface area (Å²) in [6.07, 6.45) is 0. The highest BCUT2D eigenvalue weighted by Crippen LogP contribution is 2.44. The molecule has 1 aromatic heterocycles. The van der Waals surface area contributed by atoms with Gasteiger partial charge in [0.15, 0.2) is 0 Å². The number of nitrogens with one attached hydrogen (secondary N) is 1. The normalized spacial score (nSPS) is 16.7. The van der Waals surface area contributed by atoms with E-state index in [4.69, 9.17) is 0 Å². The summed E-state index contributed by atoms with van der Waals surface area (Å²) in [5, 5.41) is 7.06. The van der Waals surface area contributed by atoms with Crippen LogP contribution in [0.1, 0.15) is 22.1 Å². The van der Waals surface area contributed by atoms with E-state index in [1.54, 1.807) is 4.68 Å². The predicted octanol–water partition coefficient (Wildman–Crippen LogP) is 4.23. The maximum atomic E-state index is 13.8. The number of nitrogens with zero attached hydrogens (tertiary/aromatic N) is 2. The van der Waals surface area contributed by atoms with Crippen molar-refractivity contribution in [3.05, 3.63) is 77.0 Å². The fourth-order valence-electron chi connectivity index (χ4n) is 3.13. The average Bonchev–Trinajstić information content (AvgIpc) is 2.81. The number of aromatic nitrogens is 2. The van der Waals surface area contributed by atoms with Crippen molar-refractivity contribution in [2.75, 3.05) is 11.1 Å². The molecule has 1 aliphatic rings. The van der Waals surface area contributed by atoms with Crippen LogP contribution in [0.25, 0.3) is 5.69 Å². The summed E-state index contributed by atoms with van der Waals surface area (Å²) >= 11 is 1.33. The van der Waals surface area contributed by atoms with Crippen LogP contribution in [0.4, 0.5) is 14.6 Å². The number of amides is 1. The van der Waals surface area contributed by atoms with E-state index < -0.39 is 16.9 Å². The van der Waals surface area contributed by atoms with Gasteiger partial charge in [0.1, 0.15) is 17.5 Å². The zero-order valence-corrected chi connectivity index (χ0v) is 14.7. The molecule has 1 amide bonds. The van der Waals surface area contributed by atoms with Crippen LogP contribution >= 0.6 is 11.8 Å². The Kier molecular flexibility index (Phi) is 4.24. The summed E-state index contributed by atoms with van der Waals surface area (Å²) in [4.78, 5) is 12.2. The first kappa shape index (κ1) is 16.8. The number of para-hydroxylation sites is 1. The molecule has 0 bridgehead atoms. The third-order valence-electron chi connectivity index (χ3n) is 4.20. The molecule has 0 spiro atoms. The minimum atomic E-state index is -0.640. The van der Waals surface area contributed by atoms with Crippen molar-refractivity contribution < 1.29 is 13.6 Å². The Labute approximate surface area is 153 Å². The lowest BCUT2D eigenvalue weighted by atomic mass is 10.0. The van der Waals surface area contributed by atoms with Gasteiger partial charge in [-0.2, -0.15) is 5.10 Å². The first-order valence-electron chi connectivity index (χ1n) is 8.05. The number of fused-ring (bicyclic) bond motifs is 1. The number of benzene rings is 2. The maximum absolute atomic E-state index is 13.8. The molecule has 4 nitrogen and oxygen atoms in total. The maximum Gasteiger partial charge on any atom is 0.235 e. The van der Waals surface area contributed by atoms with Crippen LogP contribution in [0.15, 0.2) is 48.5 Å². The number of halogens is 2. The second-order valence-electron chi connectivity index (χ2n) is 6.04. The second-order valence-corrected chi connectivity index (χ2v) is 7.13. The van der Waals surface area contributed by atoms with E-state index in [2.05, 4.69) is 10.4 Å². The minimum Gasteiger partial charge on any atom is -0.310 e. The topological polar surface area (TPSA) is 46.9 Å². The van der Waals surface area contributed by atoms with Crippen LogP contribution in [0.5, 0.6) is 0 Å². The highest BCUT2D eigenvalue weighted by molar-refractivity contribution is 8.00. The van der Waals surface area contributed by atoms with E-state index in [-0.39, 0.29) is 11.7 Å². The smallest absolute Gasteiger partial charge is 0.235 e. The summed E-state index contributed by atoms with van der Waals surface area (Å²) in [6.45, 7) is 1.83. The molecule has 0 aliphatic carbocycles. The van der Waals surface area contributed by atoms with Crippen LogP contribution in [0, 0.1) is 18.6 Å². The zero-order valence-electron chi connectivity index (χ0n) is 13.9. The van der Waals surface area contributed by atoms with E-state index in [0.717, 1.165) is 17.3 Å². The molecular formula is C19H15F2N3OS. The van der Waals surface area contributed by atoms with Gasteiger partial charge >= 0.3 is 0 Å². The Morgan fingerprint density at radius 2 is 1.85 bits per heavy atom. The lowest BCUT2D eigenvalue weighted by Crippen LogP contribution is -2.15. The molecule has 1 N–H and O–H groups in total. The average molecular weight is 371 g/mol. The number of aryl methyl sites for hydroxylation is 1. The number of thioether (sulfide) groups is 1. The molecule has 0 unspecified atom stereocenters. The summed E-state index contributed by atoms with van der Waals surface area (Å²) in [7, 11) is 0. The van der Waals surface area contributed by atoms with Crippen molar-refractivity contribution in [2.24, 2.45) is 0 Å². The number of hydrogen-bond donors (Lipinski definition) is 1. The molecular weight excluding hydrogens is 356 g/mol. The molecule has 132 valence electrons. The van der Waals surface area contributed by atoms with Gasteiger partial charge in [-0.25, -0.2) is 13.5 Å².